The molecule has 0 bridgehead atoms. The van der Waals surface area contributed by atoms with E-state index in [0.717, 1.165) is 57.8 Å². The van der Waals surface area contributed by atoms with Gasteiger partial charge < -0.3 is 19.2 Å². The SMILES string of the molecule is O=C(/C=C/C(=O)OCCCc1cc(=O)[nH]c(=O)[nH]1)OCCCCN1CCOCC1. The minimum atomic E-state index is -0.659. The molecule has 0 radical (unpaired) electrons. The number of nitrogens with one attached hydrogen (secondary N) is 2. The first-order chi connectivity index (χ1) is 14.0. The van der Waals surface area contributed by atoms with E-state index in [-0.39, 0.29) is 6.61 Å². The number of unbranched alkanes of at least 4 members (excludes halogenated alkanes) is 1. The van der Waals surface area contributed by atoms with Crippen molar-refractivity contribution in [2.45, 2.75) is 25.7 Å². The predicted molar refractivity (Wildman–Crippen MR) is 104 cm³/mol. The average Bonchev–Trinajstić information content (AvgIpc) is 2.69. The molecule has 1 aliphatic rings. The molecule has 10 heteroatoms. The van der Waals surface area contributed by atoms with Crippen molar-refractivity contribution in [1.29, 1.82) is 0 Å². The van der Waals surface area contributed by atoms with E-state index in [1.165, 1.54) is 6.07 Å². The molecule has 160 valence electrons. The molecule has 2 N–H and O–H groups in total. The highest BCUT2D eigenvalue weighted by Crippen LogP contribution is 2.01. The quantitative estimate of drug-likeness (QED) is 0.291. The molecule has 10 nitrogen and oxygen atoms in total. The summed E-state index contributed by atoms with van der Waals surface area (Å²) in [7, 11) is 0. The summed E-state index contributed by atoms with van der Waals surface area (Å²) in [6.07, 6.45) is 4.54. The van der Waals surface area contributed by atoms with Crippen LogP contribution in [0, 0.1) is 0 Å². The number of aryl methyl sites for hydroxylation is 1. The van der Waals surface area contributed by atoms with E-state index in [1.54, 1.807) is 0 Å². The summed E-state index contributed by atoms with van der Waals surface area (Å²) in [5.74, 6) is -1.25. The lowest BCUT2D eigenvalue weighted by molar-refractivity contribution is -0.140. The fourth-order valence-electron chi connectivity index (χ4n) is 2.76. The number of carbonyl (C=O) groups is 2. The van der Waals surface area contributed by atoms with Crippen LogP contribution >= 0.6 is 0 Å². The van der Waals surface area contributed by atoms with Crippen LogP contribution in [0.1, 0.15) is 25.0 Å². The first-order valence-corrected chi connectivity index (χ1v) is 9.67. The Morgan fingerprint density at radius 3 is 2.31 bits per heavy atom. The molecule has 1 aromatic heterocycles. The number of hydrogen-bond donors (Lipinski definition) is 2. The van der Waals surface area contributed by atoms with Gasteiger partial charge in [0.2, 0.25) is 0 Å². The molecule has 0 unspecified atom stereocenters. The lowest BCUT2D eigenvalue weighted by Gasteiger charge is -2.26. The van der Waals surface area contributed by atoms with Crippen LogP contribution in [-0.2, 0) is 30.2 Å². The first-order valence-electron chi connectivity index (χ1n) is 9.67. The molecule has 2 rings (SSSR count). The van der Waals surface area contributed by atoms with E-state index in [1.807, 2.05) is 0 Å². The number of hydrogen-bond acceptors (Lipinski definition) is 8. The monoisotopic (exact) mass is 409 g/mol. The summed E-state index contributed by atoms with van der Waals surface area (Å²) in [6, 6.07) is 1.28. The van der Waals surface area contributed by atoms with Crippen LogP contribution in [0.3, 0.4) is 0 Å². The Labute approximate surface area is 167 Å². The lowest BCUT2D eigenvalue weighted by atomic mass is 10.2. The van der Waals surface area contributed by atoms with E-state index in [2.05, 4.69) is 14.9 Å². The van der Waals surface area contributed by atoms with Gasteiger partial charge in [0.25, 0.3) is 5.56 Å². The number of H-pyrrole nitrogens is 2. The molecule has 1 saturated heterocycles. The van der Waals surface area contributed by atoms with Gasteiger partial charge >= 0.3 is 17.6 Å². The number of morpholine rings is 1. The van der Waals surface area contributed by atoms with Crippen molar-refractivity contribution in [2.24, 2.45) is 0 Å². The maximum Gasteiger partial charge on any atom is 0.331 e. The zero-order chi connectivity index (χ0) is 20.9. The summed E-state index contributed by atoms with van der Waals surface area (Å²) in [5.41, 5.74) is -0.599. The number of aromatic amines is 2. The molecule has 1 fully saturated rings. The second-order valence-electron chi connectivity index (χ2n) is 6.55. The summed E-state index contributed by atoms with van der Waals surface area (Å²) < 4.78 is 15.3. The van der Waals surface area contributed by atoms with Crippen molar-refractivity contribution in [1.82, 2.24) is 14.9 Å². The van der Waals surface area contributed by atoms with E-state index in [9.17, 15) is 19.2 Å². The molecular formula is C19H27N3O7. The third-order valence-corrected chi connectivity index (χ3v) is 4.22. The van der Waals surface area contributed by atoms with Crippen LogP contribution in [0.4, 0.5) is 0 Å². The van der Waals surface area contributed by atoms with Crippen LogP contribution in [0.5, 0.6) is 0 Å². The van der Waals surface area contributed by atoms with Gasteiger partial charge in [-0.2, -0.15) is 0 Å². The van der Waals surface area contributed by atoms with Gasteiger partial charge in [-0.3, -0.25) is 14.7 Å². The summed E-state index contributed by atoms with van der Waals surface area (Å²) >= 11 is 0. The zero-order valence-corrected chi connectivity index (χ0v) is 16.3. The van der Waals surface area contributed by atoms with Crippen molar-refractivity contribution in [3.8, 4) is 0 Å². The normalized spacial score (nSPS) is 14.8. The highest BCUT2D eigenvalue weighted by atomic mass is 16.5. The van der Waals surface area contributed by atoms with E-state index in [0.29, 0.717) is 25.1 Å². The molecule has 0 aliphatic carbocycles. The number of carbonyl (C=O) groups excluding carboxylic acids is 2. The molecular weight excluding hydrogens is 382 g/mol. The molecule has 0 aromatic carbocycles. The standard InChI is InChI=1S/C19H27N3O7/c23-16-14-15(20-19(26)21-16)4-3-11-29-18(25)6-5-17(24)28-10-2-1-7-22-8-12-27-13-9-22/h5-6,14H,1-4,7-13H2,(H2,20,21,23,26)/b6-5+. The average molecular weight is 409 g/mol. The van der Waals surface area contributed by atoms with E-state index >= 15 is 0 Å². The molecule has 0 atom stereocenters. The minimum Gasteiger partial charge on any atom is -0.463 e. The number of ether oxygens (including phenoxy) is 3. The predicted octanol–water partition coefficient (Wildman–Crippen LogP) is -0.249. The van der Waals surface area contributed by atoms with Gasteiger partial charge in [0.15, 0.2) is 0 Å². The van der Waals surface area contributed by atoms with Crippen LogP contribution in [0.25, 0.3) is 0 Å². The van der Waals surface area contributed by atoms with Crippen LogP contribution < -0.4 is 11.2 Å². The second kappa shape index (κ2) is 12.7. The number of rotatable bonds is 11. The Morgan fingerprint density at radius 2 is 1.66 bits per heavy atom. The fraction of sp³-hybridized carbons (Fsp3) is 0.579. The topological polar surface area (TPSA) is 131 Å². The van der Waals surface area contributed by atoms with Gasteiger partial charge in [0, 0.05) is 37.0 Å². The van der Waals surface area contributed by atoms with Gasteiger partial charge in [0.1, 0.15) is 0 Å². The fourth-order valence-corrected chi connectivity index (χ4v) is 2.76. The molecule has 2 heterocycles. The number of nitrogens with zero attached hydrogens (tertiary/aromatic N) is 1. The van der Waals surface area contributed by atoms with Gasteiger partial charge in [-0.25, -0.2) is 14.4 Å². The Kier molecular flexibility index (Phi) is 9.87. The second-order valence-corrected chi connectivity index (χ2v) is 6.55. The van der Waals surface area contributed by atoms with E-state index in [4.69, 9.17) is 14.2 Å². The number of aromatic nitrogens is 2. The molecule has 0 amide bonds. The maximum atomic E-state index is 11.6. The molecule has 0 spiro atoms. The van der Waals surface area contributed by atoms with Gasteiger partial charge in [-0.1, -0.05) is 0 Å². The van der Waals surface area contributed by atoms with Crippen molar-refractivity contribution in [3.05, 3.63) is 44.8 Å². The van der Waals surface area contributed by atoms with Crippen LogP contribution in [-0.4, -0.2) is 72.9 Å². The Morgan fingerprint density at radius 1 is 1.00 bits per heavy atom. The third-order valence-electron chi connectivity index (χ3n) is 4.22. The van der Waals surface area contributed by atoms with Gasteiger partial charge in [0.05, 0.1) is 26.4 Å². The molecule has 29 heavy (non-hydrogen) atoms. The van der Waals surface area contributed by atoms with Crippen LogP contribution in [0.2, 0.25) is 0 Å². The van der Waals surface area contributed by atoms with Gasteiger partial charge in [-0.05, 0) is 32.2 Å². The van der Waals surface area contributed by atoms with Crippen molar-refractivity contribution in [2.75, 3.05) is 46.1 Å². The largest absolute Gasteiger partial charge is 0.463 e. The third kappa shape index (κ3) is 9.86. The molecule has 0 saturated carbocycles. The Bertz CT molecular complexity index is 765. The molecule has 1 aromatic rings. The summed E-state index contributed by atoms with van der Waals surface area (Å²) in [4.78, 5) is 52.3. The lowest BCUT2D eigenvalue weighted by Crippen LogP contribution is -2.36. The molecule has 1 aliphatic heterocycles. The van der Waals surface area contributed by atoms with E-state index < -0.39 is 23.2 Å². The van der Waals surface area contributed by atoms with Crippen LogP contribution in [0.15, 0.2) is 27.8 Å². The zero-order valence-electron chi connectivity index (χ0n) is 16.3. The highest BCUT2D eigenvalue weighted by molar-refractivity contribution is 5.91. The van der Waals surface area contributed by atoms with Crippen molar-refractivity contribution >= 4 is 11.9 Å². The first kappa shape index (κ1) is 22.6. The summed E-state index contributed by atoms with van der Waals surface area (Å²) in [5, 5.41) is 0. The van der Waals surface area contributed by atoms with Gasteiger partial charge in [-0.15, -0.1) is 0 Å². The van der Waals surface area contributed by atoms with Crippen molar-refractivity contribution < 1.29 is 23.8 Å². The number of esters is 2. The summed E-state index contributed by atoms with van der Waals surface area (Å²) in [6.45, 7) is 4.75. The smallest absolute Gasteiger partial charge is 0.331 e. The van der Waals surface area contributed by atoms with Crippen molar-refractivity contribution in [3.63, 3.8) is 0 Å². The Hall–Kier alpha value is -2.72. The highest BCUT2D eigenvalue weighted by Gasteiger charge is 2.09. The minimum absolute atomic E-state index is 0.0919. The maximum absolute atomic E-state index is 11.6. The Balaban J connectivity index is 1.51.